The monoisotopic (exact) mass is 500 g/mol. The van der Waals surface area contributed by atoms with Crippen molar-refractivity contribution in [3.05, 3.63) is 48.5 Å². The van der Waals surface area contributed by atoms with Crippen LogP contribution < -0.4 is 9.47 Å². The van der Waals surface area contributed by atoms with Crippen molar-refractivity contribution >= 4 is 11.6 Å². The van der Waals surface area contributed by atoms with E-state index >= 15 is 0 Å². The maximum absolute atomic E-state index is 6.59. The molecule has 2 unspecified atom stereocenters. The molecule has 35 heavy (non-hydrogen) atoms. The van der Waals surface area contributed by atoms with Gasteiger partial charge in [0.15, 0.2) is 0 Å². The zero-order valence-corrected chi connectivity index (χ0v) is 23.5. The van der Waals surface area contributed by atoms with Crippen molar-refractivity contribution in [3.63, 3.8) is 0 Å². The first-order chi connectivity index (χ1) is 17.0. The summed E-state index contributed by atoms with van der Waals surface area (Å²) in [5, 5.41) is 0.0418. The molecule has 0 bridgehead atoms. The van der Waals surface area contributed by atoms with Gasteiger partial charge < -0.3 is 9.47 Å². The molecule has 0 saturated heterocycles. The molecule has 2 aromatic carbocycles. The predicted molar refractivity (Wildman–Crippen MR) is 153 cm³/mol. The standard InChI is InChI=1S/C32H49ClO2/c1-5-6-7-8-9-10-11-12-24-34-30-20-16-28(17-21-30)29-18-22-31(23-19-29)35-25-32(33)27(4)15-13-14-26(2)3/h16-23,26-27,32H,5-15,24-25H2,1-4H3. The molecule has 0 aliphatic rings. The number of rotatable bonds is 19. The van der Waals surface area contributed by atoms with Gasteiger partial charge >= 0.3 is 0 Å². The number of unbranched alkanes of at least 4 members (excludes halogenated alkanes) is 7. The fourth-order valence-electron chi connectivity index (χ4n) is 4.28. The summed E-state index contributed by atoms with van der Waals surface area (Å²) in [4.78, 5) is 0. The topological polar surface area (TPSA) is 18.5 Å². The summed E-state index contributed by atoms with van der Waals surface area (Å²) in [6.45, 7) is 10.4. The number of alkyl halides is 1. The molecule has 0 saturated carbocycles. The Morgan fingerprint density at radius 1 is 0.629 bits per heavy atom. The van der Waals surface area contributed by atoms with Gasteiger partial charge in [0.25, 0.3) is 0 Å². The largest absolute Gasteiger partial charge is 0.494 e. The van der Waals surface area contributed by atoms with E-state index in [0.717, 1.165) is 36.9 Å². The van der Waals surface area contributed by atoms with Gasteiger partial charge in [0, 0.05) is 0 Å². The SMILES string of the molecule is CCCCCCCCCCOc1ccc(-c2ccc(OCC(Cl)C(C)CCCC(C)C)cc2)cc1. The van der Waals surface area contributed by atoms with E-state index in [9.17, 15) is 0 Å². The van der Waals surface area contributed by atoms with Crippen LogP contribution in [0.2, 0.25) is 0 Å². The van der Waals surface area contributed by atoms with Gasteiger partial charge in [-0.05, 0) is 60.1 Å². The molecule has 0 aliphatic carbocycles. The summed E-state index contributed by atoms with van der Waals surface area (Å²) >= 11 is 6.59. The Morgan fingerprint density at radius 2 is 1.14 bits per heavy atom. The summed E-state index contributed by atoms with van der Waals surface area (Å²) in [5.74, 6) is 3.05. The van der Waals surface area contributed by atoms with Gasteiger partial charge in [0.2, 0.25) is 0 Å². The molecule has 0 amide bonds. The number of halogens is 1. The second-order valence-corrected chi connectivity index (χ2v) is 11.1. The Kier molecular flexibility index (Phi) is 15.0. The summed E-state index contributed by atoms with van der Waals surface area (Å²) in [7, 11) is 0. The van der Waals surface area contributed by atoms with Gasteiger partial charge in [-0.2, -0.15) is 0 Å². The molecular formula is C32H49ClO2. The number of hydrogen-bond donors (Lipinski definition) is 0. The third-order valence-corrected chi connectivity index (χ3v) is 7.33. The second-order valence-electron chi connectivity index (χ2n) is 10.5. The van der Waals surface area contributed by atoms with Crippen LogP contribution in [-0.4, -0.2) is 18.6 Å². The molecule has 2 nitrogen and oxygen atoms in total. The fraction of sp³-hybridized carbons (Fsp3) is 0.625. The minimum absolute atomic E-state index is 0.0418. The van der Waals surface area contributed by atoms with Gasteiger partial charge in [0.05, 0.1) is 12.0 Å². The lowest BCUT2D eigenvalue weighted by atomic mass is 9.97. The van der Waals surface area contributed by atoms with E-state index in [1.54, 1.807) is 0 Å². The highest BCUT2D eigenvalue weighted by Crippen LogP contribution is 2.26. The lowest BCUT2D eigenvalue weighted by Crippen LogP contribution is -2.20. The third-order valence-electron chi connectivity index (χ3n) is 6.78. The average Bonchev–Trinajstić information content (AvgIpc) is 2.86. The van der Waals surface area contributed by atoms with Gasteiger partial charge in [-0.3, -0.25) is 0 Å². The second kappa shape index (κ2) is 17.7. The molecule has 0 spiro atoms. The van der Waals surface area contributed by atoms with E-state index in [-0.39, 0.29) is 5.38 Å². The van der Waals surface area contributed by atoms with Gasteiger partial charge in [-0.15, -0.1) is 11.6 Å². The lowest BCUT2D eigenvalue weighted by Gasteiger charge is -2.19. The number of benzene rings is 2. The summed E-state index contributed by atoms with van der Waals surface area (Å²) in [5.41, 5.74) is 2.36. The van der Waals surface area contributed by atoms with E-state index in [1.165, 1.54) is 68.9 Å². The van der Waals surface area contributed by atoms with E-state index in [0.29, 0.717) is 12.5 Å². The van der Waals surface area contributed by atoms with Crippen molar-refractivity contribution in [2.45, 2.75) is 104 Å². The van der Waals surface area contributed by atoms with Crippen LogP contribution in [0.4, 0.5) is 0 Å². The molecular weight excluding hydrogens is 452 g/mol. The molecule has 2 aromatic rings. The van der Waals surface area contributed by atoms with E-state index < -0.39 is 0 Å². The Bertz CT molecular complexity index is 769. The van der Waals surface area contributed by atoms with Crippen LogP contribution in [0, 0.1) is 11.8 Å². The highest BCUT2D eigenvalue weighted by atomic mass is 35.5. The van der Waals surface area contributed by atoms with Crippen molar-refractivity contribution in [1.82, 2.24) is 0 Å². The molecule has 2 atom stereocenters. The normalized spacial score (nSPS) is 13.1. The maximum Gasteiger partial charge on any atom is 0.119 e. The van der Waals surface area contributed by atoms with Crippen molar-refractivity contribution in [1.29, 1.82) is 0 Å². The highest BCUT2D eigenvalue weighted by molar-refractivity contribution is 6.20. The molecule has 0 aromatic heterocycles. The summed E-state index contributed by atoms with van der Waals surface area (Å²) in [6, 6.07) is 16.7. The lowest BCUT2D eigenvalue weighted by molar-refractivity contribution is 0.280. The summed E-state index contributed by atoms with van der Waals surface area (Å²) < 4.78 is 11.9. The first-order valence-corrected chi connectivity index (χ1v) is 14.5. The summed E-state index contributed by atoms with van der Waals surface area (Å²) in [6.07, 6.45) is 14.2. The number of ether oxygens (including phenoxy) is 2. The zero-order valence-electron chi connectivity index (χ0n) is 22.7. The predicted octanol–water partition coefficient (Wildman–Crippen LogP) is 10.3. The Morgan fingerprint density at radius 3 is 1.69 bits per heavy atom. The Balaban J connectivity index is 1.67. The van der Waals surface area contributed by atoms with Crippen LogP contribution in [-0.2, 0) is 0 Å². The van der Waals surface area contributed by atoms with Crippen molar-refractivity contribution in [2.24, 2.45) is 11.8 Å². The zero-order chi connectivity index (χ0) is 25.3. The fourth-order valence-corrected chi connectivity index (χ4v) is 4.47. The van der Waals surface area contributed by atoms with E-state index in [4.69, 9.17) is 21.1 Å². The number of hydrogen-bond acceptors (Lipinski definition) is 2. The first-order valence-electron chi connectivity index (χ1n) is 14.1. The first kappa shape index (κ1) is 29.6. The molecule has 0 aliphatic heterocycles. The van der Waals surface area contributed by atoms with Crippen LogP contribution in [0.3, 0.4) is 0 Å². The van der Waals surface area contributed by atoms with Crippen LogP contribution in [0.5, 0.6) is 11.5 Å². The molecule has 0 fully saturated rings. The highest BCUT2D eigenvalue weighted by Gasteiger charge is 2.15. The van der Waals surface area contributed by atoms with Gasteiger partial charge in [0.1, 0.15) is 18.1 Å². The van der Waals surface area contributed by atoms with E-state index in [1.807, 2.05) is 12.1 Å². The smallest absolute Gasteiger partial charge is 0.119 e. The minimum atomic E-state index is 0.0418. The molecule has 2 rings (SSSR count). The van der Waals surface area contributed by atoms with Crippen molar-refractivity contribution < 1.29 is 9.47 Å². The average molecular weight is 501 g/mol. The molecule has 0 N–H and O–H groups in total. The molecule has 0 radical (unpaired) electrons. The van der Waals surface area contributed by atoms with Gasteiger partial charge in [-0.25, -0.2) is 0 Å². The maximum atomic E-state index is 6.59. The van der Waals surface area contributed by atoms with Crippen molar-refractivity contribution in [2.75, 3.05) is 13.2 Å². The minimum Gasteiger partial charge on any atom is -0.494 e. The Labute approximate surface area is 220 Å². The van der Waals surface area contributed by atoms with Crippen LogP contribution >= 0.6 is 11.6 Å². The quantitative estimate of drug-likeness (QED) is 0.141. The van der Waals surface area contributed by atoms with Crippen LogP contribution in [0.15, 0.2) is 48.5 Å². The molecule has 196 valence electrons. The third kappa shape index (κ3) is 12.7. The van der Waals surface area contributed by atoms with Crippen LogP contribution in [0.25, 0.3) is 11.1 Å². The molecule has 3 heteroatoms. The Hall–Kier alpha value is -1.67. The van der Waals surface area contributed by atoms with E-state index in [2.05, 4.69) is 64.1 Å². The van der Waals surface area contributed by atoms with Crippen molar-refractivity contribution in [3.8, 4) is 22.6 Å². The molecule has 0 heterocycles. The van der Waals surface area contributed by atoms with Crippen LogP contribution in [0.1, 0.15) is 98.3 Å². The van der Waals surface area contributed by atoms with Gasteiger partial charge in [-0.1, -0.05) is 110 Å².